The third-order valence-corrected chi connectivity index (χ3v) is 16.6. The Hall–Kier alpha value is -0.920. The van der Waals surface area contributed by atoms with Crippen LogP contribution in [-0.2, 0) is 18.4 Å². The van der Waals surface area contributed by atoms with Crippen LogP contribution in [0.1, 0.15) is 316 Å². The molecule has 13 heteroatoms. The largest absolute Gasteiger partial charge is 0.472 e. The van der Waals surface area contributed by atoms with Crippen LogP contribution in [0.15, 0.2) is 12.2 Å². The number of hydrogen-bond acceptors (Lipinski definition) is 10. The molecule has 1 saturated carbocycles. The normalized spacial score (nSPS) is 20.8. The third kappa shape index (κ3) is 40.3. The molecule has 1 amide bonds. The second kappa shape index (κ2) is 50.3. The number of phosphoric acid groups is 1. The van der Waals surface area contributed by atoms with E-state index in [2.05, 4.69) is 19.2 Å². The molecule has 1 fully saturated rings. The number of nitrogens with one attached hydrogen (secondary N) is 1. The highest BCUT2D eigenvalue weighted by Crippen LogP contribution is 2.47. The number of rotatable bonds is 55. The molecule has 0 saturated heterocycles. The van der Waals surface area contributed by atoms with Crippen LogP contribution >= 0.6 is 7.82 Å². The number of hydrogen-bond donors (Lipinski definition) is 8. The van der Waals surface area contributed by atoms with Gasteiger partial charge < -0.3 is 40.8 Å². The number of amides is 1. The van der Waals surface area contributed by atoms with E-state index in [1.54, 1.807) is 0 Å². The Balaban J connectivity index is 2.11. The highest BCUT2D eigenvalue weighted by atomic mass is 31.2. The van der Waals surface area contributed by atoms with Crippen molar-refractivity contribution in [2.75, 3.05) is 6.61 Å². The summed E-state index contributed by atoms with van der Waals surface area (Å²) in [6.07, 6.45) is 50.6. The molecule has 1 rings (SSSR count). The summed E-state index contributed by atoms with van der Waals surface area (Å²) in [5.41, 5.74) is 0. The van der Waals surface area contributed by atoms with Gasteiger partial charge in [-0.15, -0.1) is 0 Å². The fraction of sp³-hybridized carbons (Fsp3) is 0.951. The standard InChI is InChI=1S/C61H120NO11P/c1-3-5-7-9-11-13-15-16-17-18-19-20-21-22-23-24-25-26-27-28-29-30-31-32-33-34-35-36-37-38-39-41-43-45-47-49-51-55(64)62-53(54(63)50-48-46-44-42-40-14-12-10-8-6-4-2)52-72-74(70,71)73-61-59(68)57(66)56(65)58(67)60(61)69/h48,50,53-54,56-61,63,65-69H,3-47,49,51-52H2,1-2H3,(H,62,64)(H,70,71)/b50-48+/t53-,54+,56?,57+,58?,59?,60?,61?/m0/s1. The molecule has 0 aromatic carbocycles. The highest BCUT2D eigenvalue weighted by molar-refractivity contribution is 7.47. The Bertz CT molecular complexity index is 1290. The van der Waals surface area contributed by atoms with Gasteiger partial charge in [0.15, 0.2) is 0 Å². The lowest BCUT2D eigenvalue weighted by molar-refractivity contribution is -0.220. The molecule has 440 valence electrons. The van der Waals surface area contributed by atoms with Gasteiger partial charge in [-0.05, 0) is 19.3 Å². The maximum absolute atomic E-state index is 13.0. The van der Waals surface area contributed by atoms with Crippen molar-refractivity contribution in [3.63, 3.8) is 0 Å². The first-order valence-corrected chi connectivity index (χ1v) is 33.1. The molecule has 8 N–H and O–H groups in total. The number of unbranched alkanes of at least 4 members (excludes halogenated alkanes) is 44. The summed E-state index contributed by atoms with van der Waals surface area (Å²) in [5.74, 6) is -0.335. The minimum Gasteiger partial charge on any atom is -0.387 e. The molecule has 0 radical (unpaired) electrons. The van der Waals surface area contributed by atoms with Crippen LogP contribution in [0, 0.1) is 0 Å². The number of phosphoric ester groups is 1. The van der Waals surface area contributed by atoms with E-state index in [4.69, 9.17) is 9.05 Å². The van der Waals surface area contributed by atoms with Gasteiger partial charge in [0.2, 0.25) is 5.91 Å². The van der Waals surface area contributed by atoms with Crippen molar-refractivity contribution in [3.8, 4) is 0 Å². The van der Waals surface area contributed by atoms with Crippen molar-refractivity contribution in [3.05, 3.63) is 12.2 Å². The molecule has 0 aromatic heterocycles. The van der Waals surface area contributed by atoms with Crippen molar-refractivity contribution in [2.45, 2.75) is 364 Å². The number of carbonyl (C=O) groups is 1. The first-order valence-electron chi connectivity index (χ1n) is 31.6. The Kier molecular flexibility index (Phi) is 48.3. The average Bonchev–Trinajstić information content (AvgIpc) is 3.39. The van der Waals surface area contributed by atoms with Crippen LogP contribution in [0.5, 0.6) is 0 Å². The molecule has 9 atom stereocenters. The van der Waals surface area contributed by atoms with E-state index < -0.39 is 63.2 Å². The van der Waals surface area contributed by atoms with E-state index >= 15 is 0 Å². The Labute approximate surface area is 454 Å². The predicted molar refractivity (Wildman–Crippen MR) is 306 cm³/mol. The molecule has 0 bridgehead atoms. The summed E-state index contributed by atoms with van der Waals surface area (Å²) in [4.78, 5) is 23.5. The maximum Gasteiger partial charge on any atom is 0.472 e. The van der Waals surface area contributed by atoms with Crippen LogP contribution in [0.4, 0.5) is 0 Å². The minimum atomic E-state index is -5.08. The molecule has 1 aliphatic carbocycles. The van der Waals surface area contributed by atoms with E-state index in [9.17, 15) is 44.9 Å². The lowest BCUT2D eigenvalue weighted by Crippen LogP contribution is -2.64. The second-order valence-corrected chi connectivity index (χ2v) is 24.0. The Morgan fingerprint density at radius 3 is 1.03 bits per heavy atom. The summed E-state index contributed by atoms with van der Waals surface area (Å²) in [5, 5.41) is 64.2. The first-order chi connectivity index (χ1) is 35.9. The van der Waals surface area contributed by atoms with Gasteiger partial charge in [0, 0.05) is 6.42 Å². The monoisotopic (exact) mass is 1070 g/mol. The second-order valence-electron chi connectivity index (χ2n) is 22.6. The lowest BCUT2D eigenvalue weighted by Gasteiger charge is -2.41. The average molecular weight is 1070 g/mol. The molecule has 74 heavy (non-hydrogen) atoms. The van der Waals surface area contributed by atoms with Crippen molar-refractivity contribution < 1.29 is 53.9 Å². The van der Waals surface area contributed by atoms with E-state index in [0.717, 1.165) is 44.9 Å². The zero-order valence-electron chi connectivity index (χ0n) is 47.9. The zero-order chi connectivity index (χ0) is 54.2. The molecule has 1 aliphatic rings. The fourth-order valence-electron chi connectivity index (χ4n) is 10.5. The van der Waals surface area contributed by atoms with Gasteiger partial charge in [0.05, 0.1) is 18.8 Å². The van der Waals surface area contributed by atoms with Crippen LogP contribution < -0.4 is 5.32 Å². The SMILES string of the molecule is CCCCCCCCCCC/C=C/[C@@H](O)[C@H](COP(=O)(O)OC1C(O)C(O)C(O)[C@@H](O)C1O)NC(=O)CCCCCCCCCCCCCCCCCCCCCCCCCCCCCCCCCCCCCC. The molecule has 0 aromatic rings. The van der Waals surface area contributed by atoms with Crippen molar-refractivity contribution >= 4 is 13.7 Å². The van der Waals surface area contributed by atoms with E-state index in [1.807, 2.05) is 6.08 Å². The van der Waals surface area contributed by atoms with Crippen molar-refractivity contribution in [1.82, 2.24) is 5.32 Å². The zero-order valence-corrected chi connectivity index (χ0v) is 48.8. The smallest absolute Gasteiger partial charge is 0.387 e. The molecule has 0 aliphatic heterocycles. The first kappa shape index (κ1) is 71.1. The number of carbonyl (C=O) groups excluding carboxylic acids is 1. The van der Waals surface area contributed by atoms with Crippen molar-refractivity contribution in [2.24, 2.45) is 0 Å². The van der Waals surface area contributed by atoms with E-state index in [-0.39, 0.29) is 12.3 Å². The van der Waals surface area contributed by atoms with Crippen molar-refractivity contribution in [1.29, 1.82) is 0 Å². The quantitative estimate of drug-likeness (QED) is 0.0163. The summed E-state index contributed by atoms with van der Waals surface area (Å²) in [6.45, 7) is 3.86. The number of aliphatic hydroxyl groups excluding tert-OH is 6. The lowest BCUT2D eigenvalue weighted by atomic mass is 9.85. The molecular formula is C61H120NO11P. The fourth-order valence-corrected chi connectivity index (χ4v) is 11.5. The maximum atomic E-state index is 13.0. The molecular weight excluding hydrogens is 954 g/mol. The van der Waals surface area contributed by atoms with Gasteiger partial charge in [-0.1, -0.05) is 302 Å². The van der Waals surface area contributed by atoms with Gasteiger partial charge in [-0.2, -0.15) is 0 Å². The Morgan fingerprint density at radius 2 is 0.716 bits per heavy atom. The van der Waals surface area contributed by atoms with Gasteiger partial charge in [-0.3, -0.25) is 13.8 Å². The molecule has 0 spiro atoms. The van der Waals surface area contributed by atoms with Crippen LogP contribution in [0.3, 0.4) is 0 Å². The summed E-state index contributed by atoms with van der Waals surface area (Å²) in [7, 11) is -5.08. The van der Waals surface area contributed by atoms with Gasteiger partial charge >= 0.3 is 7.82 Å². The summed E-state index contributed by atoms with van der Waals surface area (Å²) in [6, 6.07) is -1.11. The molecule has 6 unspecified atom stereocenters. The molecule has 0 heterocycles. The van der Waals surface area contributed by atoms with Crippen LogP contribution in [0.2, 0.25) is 0 Å². The Morgan fingerprint density at radius 1 is 0.446 bits per heavy atom. The highest BCUT2D eigenvalue weighted by Gasteiger charge is 2.51. The predicted octanol–water partition coefficient (Wildman–Crippen LogP) is 15.1. The van der Waals surface area contributed by atoms with Gasteiger partial charge in [0.1, 0.15) is 36.6 Å². The van der Waals surface area contributed by atoms with Gasteiger partial charge in [0.25, 0.3) is 0 Å². The van der Waals surface area contributed by atoms with Crippen LogP contribution in [-0.4, -0.2) is 96.8 Å². The summed E-state index contributed by atoms with van der Waals surface area (Å²) >= 11 is 0. The third-order valence-electron chi connectivity index (χ3n) is 15.6. The summed E-state index contributed by atoms with van der Waals surface area (Å²) < 4.78 is 23.0. The number of allylic oxidation sites excluding steroid dienone is 1. The van der Waals surface area contributed by atoms with E-state index in [0.29, 0.717) is 6.42 Å². The molecule has 12 nitrogen and oxygen atoms in total. The minimum absolute atomic E-state index is 0.219. The van der Waals surface area contributed by atoms with Crippen LogP contribution in [0.25, 0.3) is 0 Å². The van der Waals surface area contributed by atoms with E-state index in [1.165, 1.54) is 250 Å². The van der Waals surface area contributed by atoms with Gasteiger partial charge in [-0.25, -0.2) is 4.57 Å². The number of aliphatic hydroxyl groups is 6. The topological polar surface area (TPSA) is 206 Å².